The molecule has 17 heavy (non-hydrogen) atoms. The third kappa shape index (κ3) is 3.19. The molecule has 1 fully saturated rings. The highest BCUT2D eigenvalue weighted by molar-refractivity contribution is 5.73. The van der Waals surface area contributed by atoms with E-state index in [-0.39, 0.29) is 18.0 Å². The zero-order valence-electron chi connectivity index (χ0n) is 11.8. The monoisotopic (exact) mass is 243 g/mol. The Hall–Kier alpha value is -0.610. The molecule has 0 bridgehead atoms. The first-order valence-corrected chi connectivity index (χ1v) is 6.26. The van der Waals surface area contributed by atoms with Crippen LogP contribution in [0.4, 0.5) is 0 Å². The maximum Gasteiger partial charge on any atom is 0.309 e. The van der Waals surface area contributed by atoms with E-state index in [0.29, 0.717) is 12.8 Å². The lowest BCUT2D eigenvalue weighted by atomic mass is 9.75. The molecule has 1 aliphatic rings. The molecule has 1 saturated heterocycles. The highest BCUT2D eigenvalue weighted by atomic mass is 16.5. The van der Waals surface area contributed by atoms with Gasteiger partial charge in [-0.25, -0.2) is 0 Å². The molecule has 4 nitrogen and oxygen atoms in total. The fourth-order valence-electron chi connectivity index (χ4n) is 2.77. The lowest BCUT2D eigenvalue weighted by Crippen LogP contribution is -2.60. The third-order valence-corrected chi connectivity index (χ3v) is 3.32. The molecule has 0 aromatic carbocycles. The number of hydrogen-bond donors (Lipinski definition) is 1. The molecule has 4 heteroatoms. The number of esters is 1. The van der Waals surface area contributed by atoms with Gasteiger partial charge < -0.3 is 9.94 Å². The number of hydroxylamine groups is 2. The van der Waals surface area contributed by atoms with Crippen LogP contribution >= 0.6 is 0 Å². The summed E-state index contributed by atoms with van der Waals surface area (Å²) in [4.78, 5) is 12.0. The van der Waals surface area contributed by atoms with E-state index in [2.05, 4.69) is 0 Å². The average Bonchev–Trinajstić information content (AvgIpc) is 2.11. The lowest BCUT2D eigenvalue weighted by Gasteiger charge is -2.50. The summed E-state index contributed by atoms with van der Waals surface area (Å²) in [5, 5.41) is 11.5. The van der Waals surface area contributed by atoms with Gasteiger partial charge in [0.1, 0.15) is 0 Å². The van der Waals surface area contributed by atoms with E-state index in [9.17, 15) is 10.0 Å². The van der Waals surface area contributed by atoms with Crippen LogP contribution in [0.5, 0.6) is 0 Å². The molecule has 0 atom stereocenters. The van der Waals surface area contributed by atoms with Gasteiger partial charge in [-0.3, -0.25) is 4.79 Å². The van der Waals surface area contributed by atoms with Crippen molar-refractivity contribution < 1.29 is 14.7 Å². The van der Waals surface area contributed by atoms with Gasteiger partial charge in [0, 0.05) is 11.1 Å². The van der Waals surface area contributed by atoms with Crippen LogP contribution in [0.25, 0.3) is 0 Å². The molecule has 100 valence electrons. The Kier molecular flexibility index (Phi) is 3.89. The Morgan fingerprint density at radius 1 is 1.24 bits per heavy atom. The summed E-state index contributed by atoms with van der Waals surface area (Å²) in [7, 11) is 0. The summed E-state index contributed by atoms with van der Waals surface area (Å²) >= 11 is 0. The Labute approximate surface area is 104 Å². The molecule has 0 spiro atoms. The second kappa shape index (κ2) is 4.58. The minimum Gasteiger partial charge on any atom is -0.463 e. The molecule has 1 heterocycles. The molecule has 0 amide bonds. The molecular formula is C13H25NO3. The highest BCUT2D eigenvalue weighted by Crippen LogP contribution is 2.40. The van der Waals surface area contributed by atoms with Crippen molar-refractivity contribution >= 4 is 5.97 Å². The van der Waals surface area contributed by atoms with E-state index in [1.54, 1.807) is 0 Å². The van der Waals surface area contributed by atoms with Crippen molar-refractivity contribution in [2.24, 2.45) is 5.92 Å². The molecule has 0 saturated carbocycles. The van der Waals surface area contributed by atoms with Gasteiger partial charge in [-0.05, 0) is 54.4 Å². The topological polar surface area (TPSA) is 49.8 Å². The van der Waals surface area contributed by atoms with E-state index in [4.69, 9.17) is 4.74 Å². The van der Waals surface area contributed by atoms with Crippen LogP contribution in [-0.2, 0) is 9.53 Å². The van der Waals surface area contributed by atoms with E-state index < -0.39 is 11.1 Å². The van der Waals surface area contributed by atoms with Crippen LogP contribution in [0.3, 0.4) is 0 Å². The fourth-order valence-corrected chi connectivity index (χ4v) is 2.77. The Morgan fingerprint density at radius 3 is 2.00 bits per heavy atom. The quantitative estimate of drug-likeness (QED) is 0.757. The van der Waals surface area contributed by atoms with Gasteiger partial charge >= 0.3 is 5.97 Å². The number of ether oxygens (including phenoxy) is 1. The van der Waals surface area contributed by atoms with Gasteiger partial charge in [-0.1, -0.05) is 0 Å². The number of carbonyl (C=O) groups excluding carboxylic acids is 1. The van der Waals surface area contributed by atoms with Crippen LogP contribution in [0.15, 0.2) is 0 Å². The van der Waals surface area contributed by atoms with Crippen molar-refractivity contribution in [1.29, 1.82) is 0 Å². The maximum absolute atomic E-state index is 12.0. The minimum atomic E-state index is -0.400. The van der Waals surface area contributed by atoms with Crippen molar-refractivity contribution in [3.8, 4) is 0 Å². The maximum atomic E-state index is 12.0. The van der Waals surface area contributed by atoms with Gasteiger partial charge in [0.05, 0.1) is 12.0 Å². The Bertz CT molecular complexity index is 279. The van der Waals surface area contributed by atoms with Gasteiger partial charge in [-0.15, -0.1) is 0 Å². The van der Waals surface area contributed by atoms with Gasteiger partial charge in [0.15, 0.2) is 0 Å². The van der Waals surface area contributed by atoms with Crippen molar-refractivity contribution in [2.45, 2.75) is 71.6 Å². The molecule has 0 aliphatic carbocycles. The summed E-state index contributed by atoms with van der Waals surface area (Å²) in [6.07, 6.45) is 1.16. The van der Waals surface area contributed by atoms with E-state index in [0.717, 1.165) is 0 Å². The summed E-state index contributed by atoms with van der Waals surface area (Å²) in [6, 6.07) is 0. The fraction of sp³-hybridized carbons (Fsp3) is 0.923. The molecule has 0 radical (unpaired) electrons. The third-order valence-electron chi connectivity index (χ3n) is 3.32. The largest absolute Gasteiger partial charge is 0.463 e. The zero-order valence-corrected chi connectivity index (χ0v) is 11.8. The van der Waals surface area contributed by atoms with Crippen molar-refractivity contribution in [3.05, 3.63) is 0 Å². The zero-order chi connectivity index (χ0) is 13.4. The molecule has 0 aromatic rings. The number of nitrogens with zero attached hydrogens (tertiary/aromatic N) is 1. The van der Waals surface area contributed by atoms with Crippen molar-refractivity contribution in [2.75, 3.05) is 0 Å². The van der Waals surface area contributed by atoms with Crippen LogP contribution in [0.2, 0.25) is 0 Å². The Balaban J connectivity index is 2.81. The predicted octanol–water partition coefficient (Wildman–Crippen LogP) is 2.60. The smallest absolute Gasteiger partial charge is 0.309 e. The van der Waals surface area contributed by atoms with Crippen LogP contribution < -0.4 is 0 Å². The first-order chi connectivity index (χ1) is 7.56. The summed E-state index contributed by atoms with van der Waals surface area (Å²) in [5.74, 6) is -0.278. The molecule has 0 unspecified atom stereocenters. The second-order valence-corrected chi connectivity index (χ2v) is 6.53. The normalized spacial score (nSPS) is 24.9. The molecule has 1 rings (SSSR count). The molecule has 0 aromatic heterocycles. The minimum absolute atomic E-state index is 0.0825. The van der Waals surface area contributed by atoms with Gasteiger partial charge in [0.2, 0.25) is 0 Å². The standard InChI is InChI=1S/C13H25NO3/c1-9(2)17-11(15)10-7-12(3,4)14(16)13(5,6)8-10/h9-10,16H,7-8H2,1-6H3. The van der Waals surface area contributed by atoms with Crippen molar-refractivity contribution in [3.63, 3.8) is 0 Å². The van der Waals surface area contributed by atoms with Crippen LogP contribution in [-0.4, -0.2) is 33.4 Å². The van der Waals surface area contributed by atoms with E-state index >= 15 is 0 Å². The summed E-state index contributed by atoms with van der Waals surface area (Å²) in [5.41, 5.74) is -0.801. The number of rotatable bonds is 2. The molecular weight excluding hydrogens is 218 g/mol. The number of piperidine rings is 1. The molecule has 1 aliphatic heterocycles. The van der Waals surface area contributed by atoms with Crippen LogP contribution in [0, 0.1) is 5.92 Å². The summed E-state index contributed by atoms with van der Waals surface area (Å²) < 4.78 is 5.27. The molecule has 1 N–H and O–H groups in total. The van der Waals surface area contributed by atoms with Crippen LogP contribution in [0.1, 0.15) is 54.4 Å². The Morgan fingerprint density at radius 2 is 1.65 bits per heavy atom. The SMILES string of the molecule is CC(C)OC(=O)C1CC(C)(C)N(O)C(C)(C)C1. The van der Waals surface area contributed by atoms with Gasteiger partial charge in [0.25, 0.3) is 0 Å². The number of carbonyl (C=O) groups is 1. The number of hydrogen-bond acceptors (Lipinski definition) is 4. The van der Waals surface area contributed by atoms with E-state index in [1.807, 2.05) is 41.5 Å². The van der Waals surface area contributed by atoms with E-state index in [1.165, 1.54) is 5.06 Å². The lowest BCUT2D eigenvalue weighted by molar-refractivity contribution is -0.252. The predicted molar refractivity (Wildman–Crippen MR) is 65.7 cm³/mol. The average molecular weight is 243 g/mol. The first-order valence-electron chi connectivity index (χ1n) is 6.26. The highest BCUT2D eigenvalue weighted by Gasteiger charge is 2.47. The second-order valence-electron chi connectivity index (χ2n) is 6.53. The summed E-state index contributed by atoms with van der Waals surface area (Å²) in [6.45, 7) is 11.5. The van der Waals surface area contributed by atoms with Crippen molar-refractivity contribution in [1.82, 2.24) is 5.06 Å². The first kappa shape index (κ1) is 14.5. The van der Waals surface area contributed by atoms with Gasteiger partial charge in [-0.2, -0.15) is 5.06 Å².